The second kappa shape index (κ2) is 11.6. The highest BCUT2D eigenvalue weighted by Crippen LogP contribution is 2.42. The Morgan fingerprint density at radius 2 is 0.863 bits per heavy atom. The van der Waals surface area contributed by atoms with E-state index < -0.39 is 110 Å². The van der Waals surface area contributed by atoms with Crippen LogP contribution in [0.1, 0.15) is 33.9 Å². The molecule has 2 aromatic carbocycles. The zero-order chi connectivity index (χ0) is 38.2. The van der Waals surface area contributed by atoms with Crippen LogP contribution in [-0.2, 0) is 18.5 Å². The maximum atomic E-state index is 13.9. The third-order valence-electron chi connectivity index (χ3n) is 6.82. The highest BCUT2D eigenvalue weighted by molar-refractivity contribution is 5.89. The van der Waals surface area contributed by atoms with Crippen LogP contribution in [0.2, 0.25) is 0 Å². The molecule has 3 heterocycles. The molecule has 8 nitrogen and oxygen atoms in total. The molecule has 3 aromatic heterocycles. The van der Waals surface area contributed by atoms with E-state index in [1.54, 1.807) is 0 Å². The van der Waals surface area contributed by atoms with Gasteiger partial charge in [0.25, 0.3) is 0 Å². The average Bonchev–Trinajstić information content (AvgIpc) is 3.50. The van der Waals surface area contributed by atoms with Crippen molar-refractivity contribution in [3.8, 4) is 34.7 Å². The van der Waals surface area contributed by atoms with Crippen LogP contribution in [0.25, 0.3) is 33.5 Å². The minimum Gasteiger partial charge on any atom is -0.277 e. The number of nitriles is 2. The van der Waals surface area contributed by atoms with Crippen LogP contribution in [0.4, 0.5) is 65.9 Å². The van der Waals surface area contributed by atoms with Gasteiger partial charge < -0.3 is 0 Å². The predicted octanol–water partition coefficient (Wildman–Crippen LogP) is 7.70. The lowest BCUT2D eigenvalue weighted by Gasteiger charge is -2.19. The summed E-state index contributed by atoms with van der Waals surface area (Å²) in [6, 6.07) is 3.52. The Morgan fingerprint density at radius 1 is 0.529 bits per heavy atom. The lowest BCUT2D eigenvalue weighted by Crippen LogP contribution is -2.18. The first kappa shape index (κ1) is 36.4. The molecule has 0 bridgehead atoms. The van der Waals surface area contributed by atoms with Crippen LogP contribution >= 0.6 is 0 Å². The van der Waals surface area contributed by atoms with Gasteiger partial charge in [0.05, 0.1) is 28.1 Å². The summed E-state index contributed by atoms with van der Waals surface area (Å²) in [5, 5.41) is 19.8. The summed E-state index contributed by atoms with van der Waals surface area (Å²) in [5.41, 5.74) is -16.7. The third-order valence-corrected chi connectivity index (χ3v) is 6.82. The topological polar surface area (TPSA) is 107 Å². The number of aromatic nitrogens is 4. The lowest BCUT2D eigenvalue weighted by molar-refractivity contribution is -0.143. The molecule has 0 atom stereocenters. The van der Waals surface area contributed by atoms with E-state index >= 15 is 0 Å². The summed E-state index contributed by atoms with van der Waals surface area (Å²) in [6.45, 7) is 1.05. The summed E-state index contributed by atoms with van der Waals surface area (Å²) in [7, 11) is 0. The first-order valence-corrected chi connectivity index (χ1v) is 13.1. The Kier molecular flexibility index (Phi) is 8.28. The summed E-state index contributed by atoms with van der Waals surface area (Å²) < 4.78 is 208. The molecular formula is C28H9F15N8. The Morgan fingerprint density at radius 3 is 1.18 bits per heavy atom. The number of nitrogens with zero attached hydrogens (tertiary/aromatic N) is 8. The molecule has 0 radical (unpaired) electrons. The van der Waals surface area contributed by atoms with E-state index in [0.717, 1.165) is 13.0 Å². The van der Waals surface area contributed by atoms with Crippen molar-refractivity contribution >= 4 is 11.0 Å². The summed E-state index contributed by atoms with van der Waals surface area (Å²) in [5.74, 6) is -2.67. The molecule has 0 aliphatic heterocycles. The Balaban J connectivity index is 2.27. The van der Waals surface area contributed by atoms with E-state index in [9.17, 15) is 76.4 Å². The van der Waals surface area contributed by atoms with Gasteiger partial charge in [-0.3, -0.25) is 8.80 Å². The van der Waals surface area contributed by atoms with Gasteiger partial charge in [-0.15, -0.1) is 26.3 Å². The fraction of sp³-hybridized carbons (Fsp3) is 0.214. The number of rotatable bonds is 2. The number of benzene rings is 2. The molecule has 23 heteroatoms. The molecular weight excluding hydrogens is 733 g/mol. The van der Waals surface area contributed by atoms with Crippen LogP contribution in [0.3, 0.4) is 0 Å². The van der Waals surface area contributed by atoms with Crippen molar-refractivity contribution in [2.24, 2.45) is 9.98 Å². The van der Waals surface area contributed by atoms with Crippen LogP contribution in [-0.4, -0.2) is 31.4 Å². The second-order valence-electron chi connectivity index (χ2n) is 10.3. The number of aryl methyl sites for hydroxylation is 1. The Bertz CT molecular complexity index is 2410. The monoisotopic (exact) mass is 742 g/mol. The van der Waals surface area contributed by atoms with Crippen molar-refractivity contribution < 1.29 is 65.9 Å². The van der Waals surface area contributed by atoms with E-state index in [4.69, 9.17) is 0 Å². The van der Waals surface area contributed by atoms with Crippen molar-refractivity contribution in [1.82, 2.24) is 18.8 Å². The molecule has 0 spiro atoms. The fourth-order valence-electron chi connectivity index (χ4n) is 5.14. The average molecular weight is 742 g/mol. The minimum absolute atomic E-state index is 0.0682. The van der Waals surface area contributed by atoms with E-state index in [2.05, 4.69) is 20.0 Å². The zero-order valence-electron chi connectivity index (χ0n) is 24.2. The van der Waals surface area contributed by atoms with E-state index in [1.807, 2.05) is 0 Å². The molecule has 0 unspecified atom stereocenters. The normalized spacial score (nSPS) is 14.1. The molecule has 5 rings (SSSR count). The molecule has 0 aliphatic carbocycles. The van der Waals surface area contributed by atoms with Gasteiger partial charge in [0.2, 0.25) is 11.6 Å². The minimum atomic E-state index is -5.67. The first-order valence-electron chi connectivity index (χ1n) is 13.1. The zero-order valence-corrected chi connectivity index (χ0v) is 24.2. The molecule has 266 valence electrons. The van der Waals surface area contributed by atoms with Crippen molar-refractivity contribution in [3.63, 3.8) is 0 Å². The molecule has 0 amide bonds. The SMILES string of the molecule is Cc1cc(-c2c3/c(=N/C(F)(F)F)nc(C#N)n3c(-c3cc(C(F)(F)F)cc(C(F)(F)F)c3)c3/c(=N/C(F)(F)F)nc(C#N)n23)cc(C(F)(F)F)c1. The van der Waals surface area contributed by atoms with Crippen molar-refractivity contribution in [2.75, 3.05) is 0 Å². The molecule has 0 aliphatic rings. The smallest absolute Gasteiger partial charge is 0.277 e. The summed E-state index contributed by atoms with van der Waals surface area (Å²) in [4.78, 5) is 11.4. The Hall–Kier alpha value is -5.87. The van der Waals surface area contributed by atoms with Gasteiger partial charge in [-0.2, -0.15) is 70.0 Å². The van der Waals surface area contributed by atoms with Crippen LogP contribution in [0, 0.1) is 29.6 Å². The van der Waals surface area contributed by atoms with Gasteiger partial charge in [-0.05, 0) is 48.9 Å². The molecule has 5 aromatic rings. The number of hydrogen-bond acceptors (Lipinski definition) is 6. The number of fused-ring (bicyclic) bond motifs is 2. The fourth-order valence-corrected chi connectivity index (χ4v) is 5.14. The highest BCUT2D eigenvalue weighted by Gasteiger charge is 2.39. The molecule has 0 saturated carbocycles. The number of hydrogen-bond donors (Lipinski definition) is 0. The van der Waals surface area contributed by atoms with E-state index in [1.165, 1.54) is 12.1 Å². The number of imidazole rings is 2. The van der Waals surface area contributed by atoms with Gasteiger partial charge in [-0.25, -0.2) is 0 Å². The first-order chi connectivity index (χ1) is 23.2. The number of halogens is 15. The summed E-state index contributed by atoms with van der Waals surface area (Å²) in [6.07, 6.45) is -27.7. The quantitative estimate of drug-likeness (QED) is 0.137. The van der Waals surface area contributed by atoms with Gasteiger partial charge in [0.1, 0.15) is 23.2 Å². The van der Waals surface area contributed by atoms with Crippen LogP contribution < -0.4 is 11.0 Å². The summed E-state index contributed by atoms with van der Waals surface area (Å²) >= 11 is 0. The van der Waals surface area contributed by atoms with Crippen LogP contribution in [0.15, 0.2) is 46.4 Å². The van der Waals surface area contributed by atoms with Crippen molar-refractivity contribution in [3.05, 3.63) is 81.3 Å². The van der Waals surface area contributed by atoms with Gasteiger partial charge in [0.15, 0.2) is 11.0 Å². The highest BCUT2D eigenvalue weighted by atomic mass is 19.4. The van der Waals surface area contributed by atoms with Gasteiger partial charge in [-0.1, -0.05) is 0 Å². The van der Waals surface area contributed by atoms with Crippen molar-refractivity contribution in [1.29, 1.82) is 10.5 Å². The van der Waals surface area contributed by atoms with Crippen molar-refractivity contribution in [2.45, 2.75) is 38.1 Å². The maximum absolute atomic E-state index is 13.9. The molecule has 0 N–H and O–H groups in total. The number of alkyl halides is 15. The van der Waals surface area contributed by atoms with Gasteiger partial charge >= 0.3 is 31.1 Å². The maximum Gasteiger partial charge on any atom is 0.505 e. The molecule has 0 saturated heterocycles. The molecule has 0 fully saturated rings. The predicted molar refractivity (Wildman–Crippen MR) is 138 cm³/mol. The second-order valence-corrected chi connectivity index (χ2v) is 10.3. The molecule has 51 heavy (non-hydrogen) atoms. The largest absolute Gasteiger partial charge is 0.505 e. The van der Waals surface area contributed by atoms with E-state index in [0.29, 0.717) is 6.07 Å². The van der Waals surface area contributed by atoms with E-state index in [-0.39, 0.29) is 32.6 Å². The Labute approximate surface area is 270 Å². The lowest BCUT2D eigenvalue weighted by atomic mass is 10.00. The third kappa shape index (κ3) is 6.95. The standard InChI is InChI=1S/C28H9F15N8/c1-10-2-11(4-13(3-10)24(29,30)31)18-20-22(48-27(38,39)40)47-17(9-45)51(20)19(21-23(49-28(41,42)43)46-16(8-44)50(18)21)12-5-14(25(32,33)34)7-15(6-12)26(35,36)37/h2-7H,1H3/b48-22-,49-23-. The van der Waals surface area contributed by atoms with Crippen LogP contribution in [0.5, 0.6) is 0 Å². The van der Waals surface area contributed by atoms with Gasteiger partial charge in [0, 0.05) is 11.1 Å².